The van der Waals surface area contributed by atoms with E-state index in [0.717, 1.165) is 12.7 Å². The van der Waals surface area contributed by atoms with E-state index in [0.29, 0.717) is 25.8 Å². The molecule has 0 aliphatic heterocycles. The molecule has 0 saturated carbocycles. The highest BCUT2D eigenvalue weighted by Gasteiger charge is 2.21. The van der Waals surface area contributed by atoms with Crippen LogP contribution in [0.3, 0.4) is 0 Å². The van der Waals surface area contributed by atoms with E-state index in [2.05, 4.69) is 10.3 Å². The third kappa shape index (κ3) is 16.4. The van der Waals surface area contributed by atoms with Gasteiger partial charge in [0.25, 0.3) is 5.97 Å². The molecule has 0 aromatic heterocycles. The van der Waals surface area contributed by atoms with Crippen molar-refractivity contribution < 1.29 is 19.5 Å². The maximum Gasteiger partial charge on any atom is 0.300 e. The predicted molar refractivity (Wildman–Crippen MR) is 95.3 cm³/mol. The number of nitrogens with two attached hydrogens (primary N) is 4. The van der Waals surface area contributed by atoms with Gasteiger partial charge < -0.3 is 33.4 Å². The van der Waals surface area contributed by atoms with Crippen molar-refractivity contribution in [3.8, 4) is 0 Å². The van der Waals surface area contributed by atoms with E-state index in [-0.39, 0.29) is 11.9 Å². The van der Waals surface area contributed by atoms with Crippen LogP contribution in [-0.4, -0.2) is 59.5 Å². The molecule has 2 amide bonds. The van der Waals surface area contributed by atoms with Gasteiger partial charge >= 0.3 is 0 Å². The maximum absolute atomic E-state index is 11.8. The number of aliphatic imine (C=N–C) groups is 1. The van der Waals surface area contributed by atoms with Gasteiger partial charge in [-0.05, 0) is 31.3 Å². The van der Waals surface area contributed by atoms with Crippen molar-refractivity contribution in [3.63, 3.8) is 0 Å². The minimum absolute atomic E-state index is 0.00822. The summed E-state index contributed by atoms with van der Waals surface area (Å²) in [4.78, 5) is 35.8. The van der Waals surface area contributed by atoms with Crippen LogP contribution in [0.25, 0.3) is 0 Å². The van der Waals surface area contributed by atoms with Crippen molar-refractivity contribution in [1.29, 1.82) is 0 Å². The van der Waals surface area contributed by atoms with Crippen LogP contribution in [0.2, 0.25) is 0 Å². The monoisotopic (exact) mass is 364 g/mol. The average Bonchev–Trinajstić information content (AvgIpc) is 2.46. The molecule has 0 radical (unpaired) electrons. The van der Waals surface area contributed by atoms with Gasteiger partial charge in [0.15, 0.2) is 5.96 Å². The Bertz CT molecular complexity index is 425. The standard InChI is InChI=1S/C11H24N6O2S.C2H4O2/c1-20-6-4-8(9(13)18)17-10(19)7(12)3-2-5-16-11(14)15;1-2(3)4/h7-8H,2-6,12H2,1H3,(H2,13,18)(H,17,19)(H4,14,15,16);1H3,(H,3,4)/t7-,8-;/m0./s1. The summed E-state index contributed by atoms with van der Waals surface area (Å²) in [6.07, 6.45) is 3.41. The molecule has 24 heavy (non-hydrogen) atoms. The highest BCUT2D eigenvalue weighted by atomic mass is 32.2. The predicted octanol–water partition coefficient (Wildman–Crippen LogP) is -1.82. The molecule has 140 valence electrons. The molecule has 11 heteroatoms. The van der Waals surface area contributed by atoms with Crippen LogP contribution in [0, 0.1) is 0 Å². The average molecular weight is 364 g/mol. The Morgan fingerprint density at radius 2 is 1.75 bits per heavy atom. The number of rotatable bonds is 10. The van der Waals surface area contributed by atoms with Crippen LogP contribution in [0.4, 0.5) is 0 Å². The Labute approximate surface area is 145 Å². The number of thioether (sulfide) groups is 1. The number of primary amides is 1. The third-order valence-electron chi connectivity index (χ3n) is 2.57. The molecule has 2 atom stereocenters. The van der Waals surface area contributed by atoms with Crippen LogP contribution >= 0.6 is 11.8 Å². The number of amides is 2. The molecule has 10 nitrogen and oxygen atoms in total. The maximum atomic E-state index is 11.8. The molecule has 0 aliphatic rings. The second kappa shape index (κ2) is 14.6. The zero-order valence-corrected chi connectivity index (χ0v) is 14.8. The zero-order chi connectivity index (χ0) is 19.1. The number of carbonyl (C=O) groups excluding carboxylic acids is 2. The van der Waals surface area contributed by atoms with Gasteiger partial charge in [0.2, 0.25) is 11.8 Å². The highest BCUT2D eigenvalue weighted by Crippen LogP contribution is 2.02. The number of guanidine groups is 1. The van der Waals surface area contributed by atoms with E-state index in [9.17, 15) is 9.59 Å². The van der Waals surface area contributed by atoms with Gasteiger partial charge in [0.1, 0.15) is 6.04 Å². The minimum atomic E-state index is -0.833. The smallest absolute Gasteiger partial charge is 0.300 e. The quantitative estimate of drug-likeness (QED) is 0.148. The molecule has 0 aromatic carbocycles. The Balaban J connectivity index is 0. The second-order valence-electron chi connectivity index (χ2n) is 4.82. The number of carboxylic acid groups (broad SMARTS) is 1. The summed E-state index contributed by atoms with van der Waals surface area (Å²) in [5.74, 6) is -1.04. The van der Waals surface area contributed by atoms with Crippen LogP contribution in [-0.2, 0) is 14.4 Å². The van der Waals surface area contributed by atoms with Crippen LogP contribution in [0.5, 0.6) is 0 Å². The normalized spacial score (nSPS) is 12.1. The summed E-state index contributed by atoms with van der Waals surface area (Å²) in [6, 6.07) is -1.39. The fourth-order valence-corrected chi connectivity index (χ4v) is 1.92. The Morgan fingerprint density at radius 1 is 1.21 bits per heavy atom. The topological polar surface area (TPSA) is 200 Å². The Hall–Kier alpha value is -2.01. The van der Waals surface area contributed by atoms with Gasteiger partial charge in [0, 0.05) is 13.5 Å². The van der Waals surface area contributed by atoms with E-state index in [1.54, 1.807) is 11.8 Å². The molecule has 10 N–H and O–H groups in total. The molecule has 0 heterocycles. The number of carbonyl (C=O) groups is 3. The largest absolute Gasteiger partial charge is 0.481 e. The molecule has 0 aromatic rings. The molecule has 0 spiro atoms. The summed E-state index contributed by atoms with van der Waals surface area (Å²) in [5, 5.41) is 9.98. The van der Waals surface area contributed by atoms with Gasteiger partial charge in [-0.1, -0.05) is 0 Å². The van der Waals surface area contributed by atoms with Gasteiger partial charge in [-0.3, -0.25) is 19.4 Å². The zero-order valence-electron chi connectivity index (χ0n) is 14.0. The third-order valence-corrected chi connectivity index (χ3v) is 3.22. The van der Waals surface area contributed by atoms with Crippen molar-refractivity contribution in [2.45, 2.75) is 38.3 Å². The summed E-state index contributed by atoms with van der Waals surface area (Å²) in [7, 11) is 0. The first-order valence-corrected chi connectivity index (χ1v) is 8.60. The number of nitrogens with zero attached hydrogens (tertiary/aromatic N) is 1. The van der Waals surface area contributed by atoms with E-state index < -0.39 is 24.0 Å². The van der Waals surface area contributed by atoms with Crippen molar-refractivity contribution in [2.75, 3.05) is 18.6 Å². The van der Waals surface area contributed by atoms with Gasteiger partial charge in [0.05, 0.1) is 6.04 Å². The molecular weight excluding hydrogens is 336 g/mol. The SMILES string of the molecule is CC(=O)O.CSCC[C@H](NC(=O)[C@@H](N)CCCN=C(N)N)C(N)=O. The lowest BCUT2D eigenvalue weighted by Crippen LogP contribution is -2.50. The van der Waals surface area contributed by atoms with Crippen molar-refractivity contribution in [2.24, 2.45) is 27.9 Å². The molecule has 0 aliphatic carbocycles. The molecule has 0 fully saturated rings. The fourth-order valence-electron chi connectivity index (χ4n) is 1.45. The molecule has 0 saturated heterocycles. The number of hydrogen-bond donors (Lipinski definition) is 6. The summed E-state index contributed by atoms with van der Waals surface area (Å²) < 4.78 is 0. The first-order valence-electron chi connectivity index (χ1n) is 7.20. The van der Waals surface area contributed by atoms with Crippen LogP contribution in [0.1, 0.15) is 26.2 Å². The fraction of sp³-hybridized carbons (Fsp3) is 0.692. The van der Waals surface area contributed by atoms with Crippen molar-refractivity contribution in [1.82, 2.24) is 5.32 Å². The number of hydrogen-bond acceptors (Lipinski definition) is 6. The van der Waals surface area contributed by atoms with Crippen LogP contribution in [0.15, 0.2) is 4.99 Å². The van der Waals surface area contributed by atoms with Crippen molar-refractivity contribution >= 4 is 35.5 Å². The molecule has 0 bridgehead atoms. The number of aliphatic carboxylic acids is 1. The Kier molecular flexibility index (Phi) is 14.7. The van der Waals surface area contributed by atoms with Gasteiger partial charge in [-0.15, -0.1) is 0 Å². The lowest BCUT2D eigenvalue weighted by atomic mass is 10.1. The summed E-state index contributed by atoms with van der Waals surface area (Å²) in [5.41, 5.74) is 21.3. The lowest BCUT2D eigenvalue weighted by molar-refractivity contribution is -0.134. The van der Waals surface area contributed by atoms with Gasteiger partial charge in [-0.25, -0.2) is 0 Å². The highest BCUT2D eigenvalue weighted by molar-refractivity contribution is 7.98. The lowest BCUT2D eigenvalue weighted by Gasteiger charge is -2.18. The van der Waals surface area contributed by atoms with Crippen molar-refractivity contribution in [3.05, 3.63) is 0 Å². The van der Waals surface area contributed by atoms with Gasteiger partial charge in [-0.2, -0.15) is 11.8 Å². The number of carboxylic acids is 1. The molecular formula is C13H28N6O4S. The van der Waals surface area contributed by atoms with E-state index in [1.165, 1.54) is 0 Å². The van der Waals surface area contributed by atoms with Crippen LogP contribution < -0.4 is 28.3 Å². The van der Waals surface area contributed by atoms with E-state index in [1.807, 2.05) is 6.26 Å². The number of nitrogens with one attached hydrogen (secondary N) is 1. The van der Waals surface area contributed by atoms with E-state index in [4.69, 9.17) is 32.8 Å². The van der Waals surface area contributed by atoms with E-state index >= 15 is 0 Å². The first kappa shape index (κ1) is 24.2. The Morgan fingerprint density at radius 3 is 2.17 bits per heavy atom. The summed E-state index contributed by atoms with van der Waals surface area (Å²) >= 11 is 1.57. The minimum Gasteiger partial charge on any atom is -0.481 e. The second-order valence-corrected chi connectivity index (χ2v) is 5.80. The molecule has 0 rings (SSSR count). The first-order chi connectivity index (χ1) is 11.1. The molecule has 0 unspecified atom stereocenters. The summed E-state index contributed by atoms with van der Waals surface area (Å²) in [6.45, 7) is 1.50.